The van der Waals surface area contributed by atoms with Gasteiger partial charge < -0.3 is 0 Å². The van der Waals surface area contributed by atoms with Gasteiger partial charge in [0.1, 0.15) is 0 Å². The van der Waals surface area contributed by atoms with E-state index in [2.05, 4.69) is 23.4 Å². The molecule has 0 amide bonds. The van der Waals surface area contributed by atoms with E-state index in [-0.39, 0.29) is 0 Å². The first-order chi connectivity index (χ1) is 6.43. The van der Waals surface area contributed by atoms with Crippen molar-refractivity contribution in [2.75, 3.05) is 6.54 Å². The number of hydrogen-bond donors (Lipinski definition) is 0. The fraction of sp³-hybridized carbons (Fsp3) is 0.100. The van der Waals surface area contributed by atoms with Crippen LogP contribution in [-0.2, 0) is 0 Å². The molecule has 3 nitrogen and oxygen atoms in total. The SMILES string of the molecule is C1=CN2C=c3ccccc3=NN2C1. The molecule has 0 bridgehead atoms. The van der Waals surface area contributed by atoms with E-state index in [1.165, 1.54) is 5.22 Å². The van der Waals surface area contributed by atoms with Gasteiger partial charge in [-0.25, -0.2) is 0 Å². The summed E-state index contributed by atoms with van der Waals surface area (Å²) in [5.74, 6) is 0. The fourth-order valence-electron chi connectivity index (χ4n) is 1.58. The molecular formula is C10H9N3. The van der Waals surface area contributed by atoms with Crippen molar-refractivity contribution >= 4 is 6.20 Å². The molecule has 0 saturated heterocycles. The Labute approximate surface area is 75.9 Å². The van der Waals surface area contributed by atoms with E-state index in [1.807, 2.05) is 34.5 Å². The van der Waals surface area contributed by atoms with Gasteiger partial charge in [-0.3, -0.25) is 5.01 Å². The average molecular weight is 171 g/mol. The number of rotatable bonds is 0. The van der Waals surface area contributed by atoms with E-state index >= 15 is 0 Å². The van der Waals surface area contributed by atoms with Crippen LogP contribution in [0.2, 0.25) is 0 Å². The quantitative estimate of drug-likeness (QED) is 0.548. The van der Waals surface area contributed by atoms with Gasteiger partial charge in [0.2, 0.25) is 0 Å². The minimum absolute atomic E-state index is 0.866. The van der Waals surface area contributed by atoms with Crippen molar-refractivity contribution in [2.24, 2.45) is 5.10 Å². The van der Waals surface area contributed by atoms with Crippen molar-refractivity contribution < 1.29 is 0 Å². The molecule has 0 unspecified atom stereocenters. The molecule has 0 fully saturated rings. The summed E-state index contributed by atoms with van der Waals surface area (Å²) in [6, 6.07) is 8.14. The summed E-state index contributed by atoms with van der Waals surface area (Å²) < 4.78 is 0. The molecule has 0 spiro atoms. The van der Waals surface area contributed by atoms with Gasteiger partial charge in [-0.2, -0.15) is 10.2 Å². The molecule has 0 atom stereocenters. The first-order valence-corrected chi connectivity index (χ1v) is 4.31. The number of benzene rings is 1. The van der Waals surface area contributed by atoms with Crippen LogP contribution in [-0.4, -0.2) is 16.7 Å². The Morgan fingerprint density at radius 2 is 2.15 bits per heavy atom. The molecule has 64 valence electrons. The predicted octanol–water partition coefficient (Wildman–Crippen LogP) is 0.0191. The second-order valence-corrected chi connectivity index (χ2v) is 3.11. The number of hydrazine groups is 1. The molecule has 0 N–H and O–H groups in total. The molecule has 0 radical (unpaired) electrons. The lowest BCUT2D eigenvalue weighted by molar-refractivity contribution is 0.115. The highest BCUT2D eigenvalue weighted by atomic mass is 15.8. The summed E-state index contributed by atoms with van der Waals surface area (Å²) in [6.45, 7) is 0.866. The van der Waals surface area contributed by atoms with Crippen LogP contribution < -0.4 is 10.6 Å². The van der Waals surface area contributed by atoms with Crippen LogP contribution in [0.15, 0.2) is 41.6 Å². The molecule has 2 aliphatic rings. The third-order valence-electron chi connectivity index (χ3n) is 2.22. The van der Waals surface area contributed by atoms with Crippen molar-refractivity contribution in [3.63, 3.8) is 0 Å². The standard InChI is InChI=1S/C10H9N3/c1-2-5-10-9(4-1)8-12-6-3-7-13(12)11-10/h1-6,8H,7H2. The molecule has 2 aliphatic heterocycles. The Kier molecular flexibility index (Phi) is 1.22. The van der Waals surface area contributed by atoms with Gasteiger partial charge in [-0.15, -0.1) is 0 Å². The molecule has 0 aliphatic carbocycles. The molecule has 1 aromatic carbocycles. The molecule has 0 saturated carbocycles. The number of nitrogens with zero attached hydrogens (tertiary/aromatic N) is 3. The molecule has 1 aromatic rings. The Hall–Kier alpha value is -1.77. The zero-order valence-corrected chi connectivity index (χ0v) is 7.09. The third-order valence-corrected chi connectivity index (χ3v) is 2.22. The first kappa shape index (κ1) is 6.71. The molecule has 13 heavy (non-hydrogen) atoms. The van der Waals surface area contributed by atoms with Crippen molar-refractivity contribution in [3.05, 3.63) is 47.1 Å². The average Bonchev–Trinajstić information content (AvgIpc) is 2.61. The van der Waals surface area contributed by atoms with Crippen molar-refractivity contribution in [1.82, 2.24) is 10.1 Å². The highest BCUT2D eigenvalue weighted by Gasteiger charge is 2.13. The zero-order valence-electron chi connectivity index (χ0n) is 7.09. The van der Waals surface area contributed by atoms with E-state index < -0.39 is 0 Å². The summed E-state index contributed by atoms with van der Waals surface area (Å²) in [4.78, 5) is 0. The molecular weight excluding hydrogens is 162 g/mol. The maximum Gasteiger partial charge on any atom is 0.0939 e. The highest BCUT2D eigenvalue weighted by molar-refractivity contribution is 5.26. The number of fused-ring (bicyclic) bond motifs is 2. The van der Waals surface area contributed by atoms with E-state index in [1.54, 1.807) is 0 Å². The highest BCUT2D eigenvalue weighted by Crippen LogP contribution is 2.08. The smallest absolute Gasteiger partial charge is 0.0939 e. The summed E-state index contributed by atoms with van der Waals surface area (Å²) >= 11 is 0. The summed E-state index contributed by atoms with van der Waals surface area (Å²) in [5.41, 5.74) is 0. The fourth-order valence-corrected chi connectivity index (χ4v) is 1.58. The van der Waals surface area contributed by atoms with E-state index in [0.717, 1.165) is 11.9 Å². The van der Waals surface area contributed by atoms with Crippen molar-refractivity contribution in [3.8, 4) is 0 Å². The largest absolute Gasteiger partial charge is 0.252 e. The van der Waals surface area contributed by atoms with Gasteiger partial charge in [0.25, 0.3) is 0 Å². The van der Waals surface area contributed by atoms with Crippen molar-refractivity contribution in [2.45, 2.75) is 0 Å². The first-order valence-electron chi connectivity index (χ1n) is 4.31. The van der Waals surface area contributed by atoms with Crippen LogP contribution in [0.25, 0.3) is 6.20 Å². The Balaban J connectivity index is 2.28. The lowest BCUT2D eigenvalue weighted by atomic mass is 10.3. The van der Waals surface area contributed by atoms with Crippen molar-refractivity contribution in [1.29, 1.82) is 0 Å². The van der Waals surface area contributed by atoms with Crippen LogP contribution in [0.1, 0.15) is 0 Å². The molecule has 3 rings (SSSR count). The lowest BCUT2D eigenvalue weighted by Gasteiger charge is -2.24. The van der Waals surface area contributed by atoms with Crippen LogP contribution in [0.3, 0.4) is 0 Å². The Morgan fingerprint density at radius 3 is 3.15 bits per heavy atom. The third kappa shape index (κ3) is 0.935. The lowest BCUT2D eigenvalue weighted by Crippen LogP contribution is -2.40. The van der Waals surface area contributed by atoms with Gasteiger partial charge >= 0.3 is 0 Å². The summed E-state index contributed by atoms with van der Waals surface area (Å²) in [6.07, 6.45) is 6.21. The minimum Gasteiger partial charge on any atom is -0.252 e. The number of hydrogen-bond acceptors (Lipinski definition) is 3. The van der Waals surface area contributed by atoms with Gasteiger partial charge in [0.05, 0.1) is 11.9 Å². The molecule has 2 heterocycles. The summed E-state index contributed by atoms with van der Waals surface area (Å²) in [5, 5.41) is 10.6. The van der Waals surface area contributed by atoms with Crippen LogP contribution in [0, 0.1) is 0 Å². The van der Waals surface area contributed by atoms with Crippen LogP contribution in [0.5, 0.6) is 0 Å². The van der Waals surface area contributed by atoms with Crippen LogP contribution in [0.4, 0.5) is 0 Å². The van der Waals surface area contributed by atoms with E-state index in [4.69, 9.17) is 0 Å². The second-order valence-electron chi connectivity index (χ2n) is 3.11. The molecule has 3 heteroatoms. The van der Waals surface area contributed by atoms with Gasteiger partial charge in [0, 0.05) is 17.6 Å². The normalized spacial score (nSPS) is 17.5. The monoisotopic (exact) mass is 171 g/mol. The minimum atomic E-state index is 0.866. The van der Waals surface area contributed by atoms with Gasteiger partial charge in [0.15, 0.2) is 0 Å². The molecule has 0 aromatic heterocycles. The Morgan fingerprint density at radius 1 is 1.23 bits per heavy atom. The topological polar surface area (TPSA) is 18.8 Å². The second kappa shape index (κ2) is 2.36. The maximum atomic E-state index is 4.47. The maximum absolute atomic E-state index is 4.47. The Bertz CT molecular complexity index is 475. The predicted molar refractivity (Wildman–Crippen MR) is 49.4 cm³/mol. The van der Waals surface area contributed by atoms with E-state index in [9.17, 15) is 0 Å². The zero-order chi connectivity index (χ0) is 8.67. The van der Waals surface area contributed by atoms with Crippen LogP contribution >= 0.6 is 0 Å². The van der Waals surface area contributed by atoms with Gasteiger partial charge in [-0.05, 0) is 12.1 Å². The van der Waals surface area contributed by atoms with Gasteiger partial charge in [-0.1, -0.05) is 18.2 Å². The van der Waals surface area contributed by atoms with E-state index in [0.29, 0.717) is 0 Å². The summed E-state index contributed by atoms with van der Waals surface area (Å²) in [7, 11) is 0.